The topological polar surface area (TPSA) is 323 Å². The van der Waals surface area contributed by atoms with E-state index in [-0.39, 0.29) is 55.8 Å². The lowest BCUT2D eigenvalue weighted by molar-refractivity contribution is -0.286. The predicted molar refractivity (Wildman–Crippen MR) is 282 cm³/mol. The van der Waals surface area contributed by atoms with Crippen LogP contribution in [0.2, 0.25) is 20.1 Å². The standard InChI is InChI=1S/C31H39Cl2N3O7S.C21H20Cl2O8/c32-23-9-5-10-24(33)22(23)16-19-6-1-2-7-20(19)18-29(39)44-15-13-26(36-28(38)12-11-25(35)31(42)43)27(37)17-21(30(40)41)8-3-4-14-34;22-13-6-3-7-14(23)12(13)8-10-4-1-2-5-11(10)9-15(24)30-21-18(27)16(25)17(26)19(31-21)20(28)29/h1-2,5-7,9-10,21,25-26H,3-4,8,11-18,34-35H2,(H,36,38)(H,40,41)(H,42,43);1-7,16-19,21,25-27H,8-9H2,(H,28,29). The number of nitrogens with two attached hydrogens (primary N) is 2. The van der Waals surface area contributed by atoms with Crippen LogP contribution in [-0.2, 0) is 68.7 Å². The Kier molecular flexibility index (Phi) is 25.9. The van der Waals surface area contributed by atoms with Gasteiger partial charge in [-0.25, -0.2) is 4.79 Å². The second kappa shape index (κ2) is 31.2. The van der Waals surface area contributed by atoms with Crippen LogP contribution in [0, 0.1) is 5.92 Å². The van der Waals surface area contributed by atoms with Crippen LogP contribution in [0.1, 0.15) is 78.3 Å². The van der Waals surface area contributed by atoms with Gasteiger partial charge in [-0.3, -0.25) is 28.8 Å². The van der Waals surface area contributed by atoms with Crippen LogP contribution < -0.4 is 16.8 Å². The van der Waals surface area contributed by atoms with Crippen molar-refractivity contribution in [3.63, 3.8) is 0 Å². The molecule has 4 aromatic carbocycles. The van der Waals surface area contributed by atoms with Crippen molar-refractivity contribution < 1.29 is 73.7 Å². The molecule has 0 radical (unpaired) electrons. The molecule has 23 heteroatoms. The molecule has 0 saturated carbocycles. The molecule has 1 saturated heterocycles. The summed E-state index contributed by atoms with van der Waals surface area (Å²) in [4.78, 5) is 85.1. The van der Waals surface area contributed by atoms with Crippen LogP contribution in [0.5, 0.6) is 0 Å². The van der Waals surface area contributed by atoms with E-state index < -0.39 is 84.3 Å². The highest BCUT2D eigenvalue weighted by Crippen LogP contribution is 2.31. The number of hydrogen-bond donors (Lipinski definition) is 9. The Labute approximate surface area is 457 Å². The second-order valence-corrected chi connectivity index (χ2v) is 20.3. The molecule has 1 aliphatic rings. The number of nitrogens with one attached hydrogen (secondary N) is 1. The molecule has 1 amide bonds. The van der Waals surface area contributed by atoms with Crippen molar-refractivity contribution in [2.45, 2.75) is 113 Å². The van der Waals surface area contributed by atoms with Crippen LogP contribution in [-0.4, -0.2) is 126 Å². The summed E-state index contributed by atoms with van der Waals surface area (Å²) in [5.41, 5.74) is 15.5. The number of esters is 1. The largest absolute Gasteiger partial charge is 0.481 e. The number of ketones is 1. The summed E-state index contributed by atoms with van der Waals surface area (Å²) in [5.74, 6) is -6.57. The van der Waals surface area contributed by atoms with Crippen molar-refractivity contribution in [2.24, 2.45) is 17.4 Å². The molecule has 0 aliphatic carbocycles. The first kappa shape index (κ1) is 62.4. The molecule has 1 aliphatic heterocycles. The zero-order valence-corrected chi connectivity index (χ0v) is 44.2. The highest BCUT2D eigenvalue weighted by molar-refractivity contribution is 8.13. The summed E-state index contributed by atoms with van der Waals surface area (Å²) < 4.78 is 10.0. The fraction of sp³-hybridized carbons (Fsp3) is 0.404. The SMILES string of the molecule is NCCCCC(CC(=O)C(CCSC(=O)Cc1ccccc1Cc1c(Cl)cccc1Cl)NC(=O)CCC(N)C(=O)O)C(=O)O.O=C(Cc1ccccc1Cc1c(Cl)cccc1Cl)OC1OC(C(=O)O)C(O)C(O)C1O. The van der Waals surface area contributed by atoms with Crippen molar-refractivity contribution in [3.05, 3.63) is 138 Å². The van der Waals surface area contributed by atoms with E-state index in [0.29, 0.717) is 63.4 Å². The number of Topliss-reactive ketones (excluding diaryl/α,β-unsaturated/α-hetero) is 1. The molecule has 8 unspecified atom stereocenters. The molecule has 406 valence electrons. The number of aliphatic hydroxyl groups is 3. The van der Waals surface area contributed by atoms with E-state index in [1.807, 2.05) is 24.3 Å². The summed E-state index contributed by atoms with van der Waals surface area (Å²) >= 11 is 26.2. The predicted octanol–water partition coefficient (Wildman–Crippen LogP) is 5.80. The Morgan fingerprint density at radius 3 is 1.67 bits per heavy atom. The first-order valence-corrected chi connectivity index (χ1v) is 26.1. The Hall–Kier alpha value is -5.16. The van der Waals surface area contributed by atoms with Crippen LogP contribution in [0.4, 0.5) is 0 Å². The van der Waals surface area contributed by atoms with Gasteiger partial charge >= 0.3 is 23.9 Å². The van der Waals surface area contributed by atoms with Gasteiger partial charge in [0.2, 0.25) is 12.2 Å². The van der Waals surface area contributed by atoms with E-state index in [0.717, 1.165) is 34.0 Å². The third kappa shape index (κ3) is 19.7. The first-order valence-electron chi connectivity index (χ1n) is 23.6. The molecule has 75 heavy (non-hydrogen) atoms. The number of aliphatic carboxylic acids is 3. The summed E-state index contributed by atoms with van der Waals surface area (Å²) in [6, 6.07) is 22.6. The molecule has 4 aromatic rings. The van der Waals surface area contributed by atoms with Gasteiger partial charge in [-0.1, -0.05) is 125 Å². The number of rotatable bonds is 26. The van der Waals surface area contributed by atoms with Gasteiger partial charge in [-0.15, -0.1) is 0 Å². The number of thioether (sulfide) groups is 1. The number of aliphatic hydroxyl groups excluding tert-OH is 3. The zero-order valence-electron chi connectivity index (χ0n) is 40.3. The zero-order chi connectivity index (χ0) is 55.4. The third-order valence-electron chi connectivity index (χ3n) is 12.0. The third-order valence-corrected chi connectivity index (χ3v) is 14.3. The number of carbonyl (C=O) groups is 7. The first-order chi connectivity index (χ1) is 35.6. The number of carboxylic acids is 3. The van der Waals surface area contributed by atoms with Gasteiger partial charge < -0.3 is 56.9 Å². The van der Waals surface area contributed by atoms with E-state index in [1.165, 1.54) is 0 Å². The van der Waals surface area contributed by atoms with Crippen LogP contribution >= 0.6 is 58.2 Å². The van der Waals surface area contributed by atoms with E-state index in [9.17, 15) is 54.0 Å². The monoisotopic (exact) mass is 1140 g/mol. The molecule has 5 rings (SSSR count). The minimum atomic E-state index is -1.87. The van der Waals surface area contributed by atoms with Gasteiger partial charge in [0.1, 0.15) is 24.4 Å². The second-order valence-electron chi connectivity index (χ2n) is 17.5. The van der Waals surface area contributed by atoms with Crippen LogP contribution in [0.3, 0.4) is 0 Å². The smallest absolute Gasteiger partial charge is 0.335 e. The molecule has 0 aromatic heterocycles. The van der Waals surface area contributed by atoms with Gasteiger partial charge in [-0.05, 0) is 89.9 Å². The van der Waals surface area contributed by atoms with Crippen LogP contribution in [0.25, 0.3) is 0 Å². The highest BCUT2D eigenvalue weighted by Gasteiger charge is 2.48. The number of hydrogen-bond acceptors (Lipinski definition) is 15. The Morgan fingerprint density at radius 2 is 1.17 bits per heavy atom. The summed E-state index contributed by atoms with van der Waals surface area (Å²) in [5, 5.41) is 61.7. The number of amides is 1. The number of unbranched alkanes of at least 4 members (excludes halogenated alkanes) is 1. The van der Waals surface area contributed by atoms with Crippen molar-refractivity contribution in [3.8, 4) is 0 Å². The van der Waals surface area contributed by atoms with Crippen molar-refractivity contribution in [1.29, 1.82) is 0 Å². The number of benzene rings is 4. The van der Waals surface area contributed by atoms with E-state index >= 15 is 0 Å². The van der Waals surface area contributed by atoms with E-state index in [2.05, 4.69) is 5.32 Å². The maximum atomic E-state index is 13.2. The molecule has 1 fully saturated rings. The maximum absolute atomic E-state index is 13.2. The number of carboxylic acid groups (broad SMARTS) is 3. The fourth-order valence-electron chi connectivity index (χ4n) is 7.78. The van der Waals surface area contributed by atoms with Gasteiger partial charge in [0.25, 0.3) is 0 Å². The van der Waals surface area contributed by atoms with E-state index in [4.69, 9.17) is 77.6 Å². The summed E-state index contributed by atoms with van der Waals surface area (Å²) in [6.45, 7) is 0.404. The van der Waals surface area contributed by atoms with Crippen molar-refractivity contribution in [2.75, 3.05) is 12.3 Å². The minimum absolute atomic E-state index is 0.0813. The Balaban J connectivity index is 0.000000343. The molecule has 8 atom stereocenters. The average Bonchev–Trinajstić information content (AvgIpc) is 3.36. The lowest BCUT2D eigenvalue weighted by atomic mass is 9.92. The average molecular weight is 1140 g/mol. The Bertz CT molecular complexity index is 2590. The van der Waals surface area contributed by atoms with Crippen LogP contribution in [0.15, 0.2) is 84.9 Å². The molecule has 11 N–H and O–H groups in total. The van der Waals surface area contributed by atoms with Gasteiger partial charge in [0.05, 0.1) is 18.4 Å². The van der Waals surface area contributed by atoms with Crippen molar-refractivity contribution >= 4 is 98.8 Å². The maximum Gasteiger partial charge on any atom is 0.335 e. The van der Waals surface area contributed by atoms with E-state index in [1.54, 1.807) is 60.7 Å². The van der Waals surface area contributed by atoms with Gasteiger partial charge in [0.15, 0.2) is 17.0 Å². The number of carbonyl (C=O) groups excluding carboxylic acids is 4. The molecular formula is C52H59Cl4N3O15S. The Morgan fingerprint density at radius 1 is 0.653 bits per heavy atom. The number of ether oxygens (including phenoxy) is 2. The quantitative estimate of drug-likeness (QED) is 0.0265. The fourth-order valence-corrected chi connectivity index (χ4v) is 9.69. The lowest BCUT2D eigenvalue weighted by Crippen LogP contribution is -2.60. The summed E-state index contributed by atoms with van der Waals surface area (Å²) in [7, 11) is 0. The molecule has 0 bridgehead atoms. The molecule has 1 heterocycles. The molecule has 18 nitrogen and oxygen atoms in total. The summed E-state index contributed by atoms with van der Waals surface area (Å²) in [6.07, 6.45) is -7.61. The van der Waals surface area contributed by atoms with Gasteiger partial charge in [-0.2, -0.15) is 0 Å². The normalized spacial score (nSPS) is 18.3. The molecular weight excluding hydrogens is 1080 g/mol. The lowest BCUT2D eigenvalue weighted by Gasteiger charge is -2.37. The highest BCUT2D eigenvalue weighted by atomic mass is 35.5. The van der Waals surface area contributed by atoms with Gasteiger partial charge in [0, 0.05) is 57.9 Å². The minimum Gasteiger partial charge on any atom is -0.481 e. The number of halogens is 4. The van der Waals surface area contributed by atoms with Crippen molar-refractivity contribution in [1.82, 2.24) is 5.32 Å². The molecule has 0 spiro atoms.